The van der Waals surface area contributed by atoms with Crippen LogP contribution in [-0.4, -0.2) is 20.7 Å². The van der Waals surface area contributed by atoms with Crippen LogP contribution >= 0.6 is 0 Å². The van der Waals surface area contributed by atoms with E-state index < -0.39 is 10.9 Å². The zero-order chi connectivity index (χ0) is 10.6. The smallest absolute Gasteiger partial charge is 0.306 e. The number of nitrogens with zero attached hydrogens (tertiary/aromatic N) is 3. The van der Waals surface area contributed by atoms with E-state index in [1.165, 1.54) is 10.9 Å². The van der Waals surface area contributed by atoms with E-state index >= 15 is 0 Å². The third-order valence-corrected chi connectivity index (χ3v) is 1.60. The minimum Gasteiger partial charge on any atom is -0.550 e. The van der Waals surface area contributed by atoms with Gasteiger partial charge < -0.3 is 9.90 Å². The molecule has 7 nitrogen and oxygen atoms in total. The van der Waals surface area contributed by atoms with Crippen molar-refractivity contribution in [2.45, 2.75) is 19.4 Å². The van der Waals surface area contributed by atoms with Gasteiger partial charge in [-0.1, -0.05) is 0 Å². The van der Waals surface area contributed by atoms with Crippen molar-refractivity contribution in [2.75, 3.05) is 0 Å². The molecule has 1 aromatic heterocycles. The van der Waals surface area contributed by atoms with Crippen molar-refractivity contribution in [3.8, 4) is 0 Å². The van der Waals surface area contributed by atoms with E-state index in [9.17, 15) is 20.0 Å². The quantitative estimate of drug-likeness (QED) is 0.460. The first-order valence-electron chi connectivity index (χ1n) is 3.96. The maximum Gasteiger partial charge on any atom is 0.306 e. The van der Waals surface area contributed by atoms with Gasteiger partial charge in [0, 0.05) is 12.5 Å². The van der Waals surface area contributed by atoms with Crippen molar-refractivity contribution in [1.82, 2.24) is 9.78 Å². The average molecular weight is 198 g/mol. The predicted octanol–water partition coefficient (Wildman–Crippen LogP) is -0.679. The summed E-state index contributed by atoms with van der Waals surface area (Å²) in [5, 5.41) is 24.0. The van der Waals surface area contributed by atoms with Crippen molar-refractivity contribution in [1.29, 1.82) is 0 Å². The molecule has 0 aliphatic rings. The standard InChI is InChI=1S/C7H9N3O4/c11-7(12)2-1-3-9-5-6(4-8-9)10(13)14/h4-5H,1-3H2,(H,11,12)/p-1. The molecule has 0 fully saturated rings. The molecule has 0 saturated heterocycles. The molecule has 0 atom stereocenters. The van der Waals surface area contributed by atoms with Crippen molar-refractivity contribution in [2.24, 2.45) is 0 Å². The van der Waals surface area contributed by atoms with E-state index in [1.807, 2.05) is 0 Å². The summed E-state index contributed by atoms with van der Waals surface area (Å²) in [7, 11) is 0. The van der Waals surface area contributed by atoms with E-state index in [4.69, 9.17) is 0 Å². The molecule has 7 heteroatoms. The number of aryl methyl sites for hydroxylation is 1. The summed E-state index contributed by atoms with van der Waals surface area (Å²) in [5.74, 6) is -1.13. The highest BCUT2D eigenvalue weighted by molar-refractivity contribution is 5.64. The largest absolute Gasteiger partial charge is 0.550 e. The number of hydrogen-bond acceptors (Lipinski definition) is 5. The number of carbonyl (C=O) groups excluding carboxylic acids is 1. The van der Waals surface area contributed by atoms with Crippen LogP contribution in [0.1, 0.15) is 12.8 Å². The zero-order valence-corrected chi connectivity index (χ0v) is 7.25. The second kappa shape index (κ2) is 4.35. The molecule has 0 bridgehead atoms. The van der Waals surface area contributed by atoms with E-state index in [2.05, 4.69) is 5.10 Å². The van der Waals surface area contributed by atoms with Gasteiger partial charge in [-0.15, -0.1) is 0 Å². The Bertz CT molecular complexity index is 346. The molecule has 0 N–H and O–H groups in total. The number of aromatic nitrogens is 2. The van der Waals surface area contributed by atoms with Gasteiger partial charge in [-0.3, -0.25) is 14.8 Å². The molecular weight excluding hydrogens is 190 g/mol. The summed E-state index contributed by atoms with van der Waals surface area (Å²) >= 11 is 0. The van der Waals surface area contributed by atoms with Crippen molar-refractivity contribution in [3.63, 3.8) is 0 Å². The van der Waals surface area contributed by atoms with E-state index in [-0.39, 0.29) is 12.1 Å². The normalized spacial score (nSPS) is 10.0. The Labute approximate surface area is 79.1 Å². The number of carboxylic acids is 1. The fourth-order valence-electron chi connectivity index (χ4n) is 0.955. The van der Waals surface area contributed by atoms with Crippen LogP contribution < -0.4 is 5.11 Å². The SMILES string of the molecule is O=C([O-])CCCn1cc([N+](=O)[O-])cn1. The second-order valence-corrected chi connectivity index (χ2v) is 2.69. The van der Waals surface area contributed by atoms with Crippen LogP contribution in [0.2, 0.25) is 0 Å². The number of carbonyl (C=O) groups is 1. The topological polar surface area (TPSA) is 101 Å². The minimum absolute atomic E-state index is 0.0757. The summed E-state index contributed by atoms with van der Waals surface area (Å²) in [4.78, 5) is 19.7. The highest BCUT2D eigenvalue weighted by atomic mass is 16.6. The number of rotatable bonds is 5. The molecule has 0 spiro atoms. The maximum absolute atomic E-state index is 10.2. The first-order chi connectivity index (χ1) is 6.59. The fraction of sp³-hybridized carbons (Fsp3) is 0.429. The van der Waals surface area contributed by atoms with Gasteiger partial charge in [-0.2, -0.15) is 5.10 Å². The third-order valence-electron chi connectivity index (χ3n) is 1.60. The van der Waals surface area contributed by atoms with Crippen LogP contribution in [-0.2, 0) is 11.3 Å². The number of aliphatic carboxylic acids is 1. The van der Waals surface area contributed by atoms with Crippen molar-refractivity contribution in [3.05, 3.63) is 22.5 Å². The average Bonchev–Trinajstić information content (AvgIpc) is 2.52. The van der Waals surface area contributed by atoms with Gasteiger partial charge in [0.25, 0.3) is 0 Å². The minimum atomic E-state index is -1.13. The fourth-order valence-corrected chi connectivity index (χ4v) is 0.955. The molecule has 0 saturated carbocycles. The first kappa shape index (κ1) is 10.2. The number of hydrogen-bond donors (Lipinski definition) is 0. The first-order valence-corrected chi connectivity index (χ1v) is 3.96. The Balaban J connectivity index is 2.44. The Morgan fingerprint density at radius 1 is 1.64 bits per heavy atom. The predicted molar refractivity (Wildman–Crippen MR) is 43.1 cm³/mol. The molecule has 0 unspecified atom stereocenters. The lowest BCUT2D eigenvalue weighted by Crippen LogP contribution is -2.22. The molecule has 0 radical (unpaired) electrons. The van der Waals surface area contributed by atoms with Gasteiger partial charge >= 0.3 is 5.69 Å². The molecule has 0 aromatic carbocycles. The maximum atomic E-state index is 10.2. The van der Waals surface area contributed by atoms with E-state index in [0.717, 1.165) is 6.20 Å². The molecule has 76 valence electrons. The Hall–Kier alpha value is -1.92. The Morgan fingerprint density at radius 2 is 2.36 bits per heavy atom. The molecule has 1 heterocycles. The summed E-state index contributed by atoms with van der Waals surface area (Å²) in [6.07, 6.45) is 2.66. The van der Waals surface area contributed by atoms with E-state index in [0.29, 0.717) is 13.0 Å². The highest BCUT2D eigenvalue weighted by Crippen LogP contribution is 2.08. The lowest BCUT2D eigenvalue weighted by atomic mass is 10.3. The lowest BCUT2D eigenvalue weighted by molar-refractivity contribution is -0.385. The van der Waals surface area contributed by atoms with E-state index in [1.54, 1.807) is 0 Å². The molecule has 0 aliphatic heterocycles. The Morgan fingerprint density at radius 3 is 2.86 bits per heavy atom. The molecule has 1 aromatic rings. The van der Waals surface area contributed by atoms with Gasteiger partial charge in [0.1, 0.15) is 12.4 Å². The Kier molecular flexibility index (Phi) is 3.16. The van der Waals surface area contributed by atoms with Crippen molar-refractivity contribution >= 4 is 11.7 Å². The lowest BCUT2D eigenvalue weighted by Gasteiger charge is -2.01. The van der Waals surface area contributed by atoms with Gasteiger partial charge in [0.05, 0.1) is 4.92 Å². The van der Waals surface area contributed by atoms with Gasteiger partial charge in [-0.05, 0) is 12.8 Å². The molecule has 0 amide bonds. The van der Waals surface area contributed by atoms with Gasteiger partial charge in [-0.25, -0.2) is 0 Å². The third kappa shape index (κ3) is 2.85. The van der Waals surface area contributed by atoms with Gasteiger partial charge in [0.15, 0.2) is 0 Å². The summed E-state index contributed by atoms with van der Waals surface area (Å²) in [5.41, 5.74) is -0.0987. The van der Waals surface area contributed by atoms with Crippen LogP contribution in [0.5, 0.6) is 0 Å². The molecule has 1 rings (SSSR count). The summed E-state index contributed by atoms with van der Waals surface area (Å²) in [6, 6.07) is 0. The van der Waals surface area contributed by atoms with Gasteiger partial charge in [0.2, 0.25) is 0 Å². The second-order valence-electron chi connectivity index (χ2n) is 2.69. The molecule has 14 heavy (non-hydrogen) atoms. The summed E-state index contributed by atoms with van der Waals surface area (Å²) < 4.78 is 1.33. The van der Waals surface area contributed by atoms with Crippen LogP contribution in [0.4, 0.5) is 5.69 Å². The molecule has 0 aliphatic carbocycles. The summed E-state index contributed by atoms with van der Waals surface area (Å²) in [6.45, 7) is 0.335. The van der Waals surface area contributed by atoms with Crippen LogP contribution in [0.25, 0.3) is 0 Å². The van der Waals surface area contributed by atoms with Crippen LogP contribution in [0, 0.1) is 10.1 Å². The van der Waals surface area contributed by atoms with Crippen molar-refractivity contribution < 1.29 is 14.8 Å². The number of nitro groups is 1. The molecular formula is C7H8N3O4-. The monoisotopic (exact) mass is 198 g/mol. The van der Waals surface area contributed by atoms with Crippen LogP contribution in [0.15, 0.2) is 12.4 Å². The number of carboxylic acid groups (broad SMARTS) is 1. The zero-order valence-electron chi connectivity index (χ0n) is 7.25. The highest BCUT2D eigenvalue weighted by Gasteiger charge is 2.07. The van der Waals surface area contributed by atoms with Crippen LogP contribution in [0.3, 0.4) is 0 Å².